The summed E-state index contributed by atoms with van der Waals surface area (Å²) < 4.78 is 12.0. The average Bonchev–Trinajstić information content (AvgIpc) is 3.24. The number of hydrogen-bond donors (Lipinski definition) is 2. The maximum Gasteiger partial charge on any atom is 0.322 e. The van der Waals surface area contributed by atoms with Crippen LogP contribution in [0.25, 0.3) is 10.9 Å². The van der Waals surface area contributed by atoms with Crippen LogP contribution in [-0.2, 0) is 16.0 Å². The Morgan fingerprint density at radius 3 is 2.09 bits per heavy atom. The van der Waals surface area contributed by atoms with E-state index in [1.165, 1.54) is 17.5 Å². The van der Waals surface area contributed by atoms with Gasteiger partial charge in [0, 0.05) is 23.5 Å². The van der Waals surface area contributed by atoms with Crippen molar-refractivity contribution in [2.75, 3.05) is 7.11 Å². The fraction of sp³-hybridized carbons (Fsp3) is 0.250. The Balaban J connectivity index is 1.83. The number of benzene rings is 3. The lowest BCUT2D eigenvalue weighted by atomic mass is 10.1. The molecule has 4 aromatic rings. The summed E-state index contributed by atoms with van der Waals surface area (Å²) in [7, 11) is -1.38. The van der Waals surface area contributed by atoms with Crippen LogP contribution in [0, 0.1) is 0 Å². The van der Waals surface area contributed by atoms with Crippen molar-refractivity contribution in [1.82, 2.24) is 4.98 Å². The molecule has 0 aliphatic carbocycles. The van der Waals surface area contributed by atoms with Crippen LogP contribution in [0.2, 0.25) is 5.04 Å². The van der Waals surface area contributed by atoms with Crippen molar-refractivity contribution in [3.05, 3.63) is 90.6 Å². The zero-order valence-electron chi connectivity index (χ0n) is 20.2. The van der Waals surface area contributed by atoms with Crippen LogP contribution in [0.15, 0.2) is 85.1 Å². The quantitative estimate of drug-likeness (QED) is 0.313. The maximum atomic E-state index is 11.9. The monoisotopic (exact) mass is 472 g/mol. The van der Waals surface area contributed by atoms with E-state index in [2.05, 4.69) is 80.4 Å². The smallest absolute Gasteiger partial charge is 0.322 e. The number of aromatic nitrogens is 1. The van der Waals surface area contributed by atoms with Crippen LogP contribution in [0.3, 0.4) is 0 Å². The number of nitrogens with one attached hydrogen (secondary N) is 1. The minimum Gasteiger partial charge on any atom is -0.534 e. The molecule has 0 spiro atoms. The molecule has 0 aliphatic rings. The molecular weight excluding hydrogens is 440 g/mol. The number of methoxy groups -OCH3 is 1. The molecule has 0 amide bonds. The Morgan fingerprint density at radius 2 is 1.56 bits per heavy atom. The van der Waals surface area contributed by atoms with E-state index in [1.807, 2.05) is 30.5 Å². The highest BCUT2D eigenvalue weighted by Crippen LogP contribution is 2.38. The van der Waals surface area contributed by atoms with Crippen molar-refractivity contribution in [3.63, 3.8) is 0 Å². The zero-order valence-corrected chi connectivity index (χ0v) is 21.2. The molecule has 34 heavy (non-hydrogen) atoms. The first-order valence-corrected chi connectivity index (χ1v) is 13.4. The van der Waals surface area contributed by atoms with Crippen molar-refractivity contribution in [3.8, 4) is 5.75 Å². The lowest BCUT2D eigenvalue weighted by Gasteiger charge is -2.43. The van der Waals surface area contributed by atoms with E-state index < -0.39 is 20.3 Å². The summed E-state index contributed by atoms with van der Waals surface area (Å²) in [5, 5.41) is 3.29. The van der Waals surface area contributed by atoms with E-state index in [-0.39, 0.29) is 5.04 Å². The second kappa shape index (κ2) is 9.48. The lowest BCUT2D eigenvalue weighted by Crippen LogP contribution is -2.68. The van der Waals surface area contributed by atoms with Gasteiger partial charge in [-0.3, -0.25) is 4.79 Å². The molecule has 0 fully saturated rings. The number of aromatic amines is 1. The molecule has 176 valence electrons. The Kier molecular flexibility index (Phi) is 6.64. The first kappa shape index (κ1) is 23.8. The van der Waals surface area contributed by atoms with E-state index >= 15 is 0 Å². The Bertz CT molecular complexity index is 1220. The summed E-state index contributed by atoms with van der Waals surface area (Å²) in [5.41, 5.74) is 7.98. The van der Waals surface area contributed by atoms with Crippen molar-refractivity contribution < 1.29 is 14.0 Å². The van der Waals surface area contributed by atoms with Crippen LogP contribution in [0.1, 0.15) is 26.3 Å². The second-order valence-electron chi connectivity index (χ2n) is 9.62. The van der Waals surface area contributed by atoms with E-state index in [0.717, 1.165) is 22.2 Å². The first-order chi connectivity index (χ1) is 16.3. The largest absolute Gasteiger partial charge is 0.534 e. The van der Waals surface area contributed by atoms with Gasteiger partial charge in [-0.25, -0.2) is 0 Å². The van der Waals surface area contributed by atoms with Crippen molar-refractivity contribution in [2.45, 2.75) is 38.3 Å². The topological polar surface area (TPSA) is 77.3 Å². The van der Waals surface area contributed by atoms with Crippen molar-refractivity contribution in [1.29, 1.82) is 0 Å². The van der Waals surface area contributed by atoms with E-state index in [9.17, 15) is 4.79 Å². The molecule has 0 bridgehead atoms. The van der Waals surface area contributed by atoms with E-state index in [4.69, 9.17) is 14.9 Å². The molecule has 1 atom stereocenters. The summed E-state index contributed by atoms with van der Waals surface area (Å²) >= 11 is 0. The number of hydrogen-bond acceptors (Lipinski definition) is 4. The number of carbonyl (C=O) groups excluding carboxylic acids is 1. The van der Waals surface area contributed by atoms with Crippen LogP contribution in [-0.4, -0.2) is 32.4 Å². The molecule has 4 rings (SSSR count). The standard InChI is InChI=1S/C28H32N2O3Si/c1-28(2,3)34(22-11-7-5-8-12-22,23-13-9-6-10-14-23)33-21-15-16-26-24(18-21)20(19-30-26)17-25(29)27(31)32-4/h5-16,18-19,25,30H,17,29H2,1-4H3/t25-/m1/s1. The Morgan fingerprint density at radius 1 is 0.971 bits per heavy atom. The highest BCUT2D eigenvalue weighted by molar-refractivity contribution is 7.00. The van der Waals surface area contributed by atoms with Crippen molar-refractivity contribution >= 4 is 35.6 Å². The minimum atomic E-state index is -2.74. The van der Waals surface area contributed by atoms with Gasteiger partial charge < -0.3 is 19.9 Å². The van der Waals surface area contributed by atoms with Crippen molar-refractivity contribution in [2.24, 2.45) is 5.73 Å². The molecule has 0 saturated heterocycles. The average molecular weight is 473 g/mol. The number of nitrogens with two attached hydrogens (primary N) is 1. The number of ether oxygens (including phenoxy) is 1. The highest BCUT2D eigenvalue weighted by Gasteiger charge is 2.52. The fourth-order valence-electron chi connectivity index (χ4n) is 4.69. The molecule has 0 aliphatic heterocycles. The third kappa shape index (κ3) is 4.39. The summed E-state index contributed by atoms with van der Waals surface area (Å²) in [4.78, 5) is 15.2. The third-order valence-corrected chi connectivity index (χ3v) is 11.3. The molecule has 0 saturated carbocycles. The summed E-state index contributed by atoms with van der Waals surface area (Å²) in [6, 6.07) is 26.5. The van der Waals surface area contributed by atoms with Gasteiger partial charge in [-0.2, -0.15) is 0 Å². The predicted octanol–water partition coefficient (Wildman–Crippen LogP) is 4.15. The maximum absolute atomic E-state index is 11.9. The van der Waals surface area contributed by atoms with Gasteiger partial charge in [-0.05, 0) is 39.2 Å². The van der Waals surface area contributed by atoms with Gasteiger partial charge in [-0.1, -0.05) is 81.4 Å². The minimum absolute atomic E-state index is 0.140. The molecule has 0 unspecified atom stereocenters. The molecule has 3 N–H and O–H groups in total. The van der Waals surface area contributed by atoms with Gasteiger partial charge in [0.25, 0.3) is 0 Å². The van der Waals surface area contributed by atoms with Gasteiger partial charge in [0.05, 0.1) is 7.11 Å². The van der Waals surface area contributed by atoms with Crippen LogP contribution in [0.4, 0.5) is 0 Å². The predicted molar refractivity (Wildman–Crippen MR) is 140 cm³/mol. The summed E-state index contributed by atoms with van der Waals surface area (Å²) in [5.74, 6) is 0.378. The molecular formula is C28H32N2O3Si. The number of esters is 1. The van der Waals surface area contributed by atoms with Crippen LogP contribution >= 0.6 is 0 Å². The van der Waals surface area contributed by atoms with Gasteiger partial charge in [0.2, 0.25) is 0 Å². The molecule has 5 nitrogen and oxygen atoms in total. The third-order valence-electron chi connectivity index (χ3n) is 6.37. The fourth-order valence-corrected chi connectivity index (χ4v) is 9.10. The zero-order chi connectivity index (χ0) is 24.3. The molecule has 3 aromatic carbocycles. The number of carbonyl (C=O) groups is 1. The number of rotatable bonds is 7. The normalized spacial score (nSPS) is 13.0. The highest BCUT2D eigenvalue weighted by atomic mass is 28.4. The molecule has 0 radical (unpaired) electrons. The Labute approximate surface area is 202 Å². The number of H-pyrrole nitrogens is 1. The van der Waals surface area contributed by atoms with E-state index in [0.29, 0.717) is 6.42 Å². The van der Waals surface area contributed by atoms with E-state index in [1.54, 1.807) is 0 Å². The summed E-state index contributed by atoms with van der Waals surface area (Å²) in [6.07, 6.45) is 2.29. The van der Waals surface area contributed by atoms with Crippen LogP contribution < -0.4 is 20.5 Å². The molecule has 1 aromatic heterocycles. The van der Waals surface area contributed by atoms with Crippen LogP contribution in [0.5, 0.6) is 5.75 Å². The summed E-state index contributed by atoms with van der Waals surface area (Å²) in [6.45, 7) is 6.78. The van der Waals surface area contributed by atoms with Gasteiger partial charge in [0.15, 0.2) is 0 Å². The SMILES string of the molecule is COC(=O)[C@H](N)Cc1c[nH]c2ccc(O[Si](c3ccccc3)(c3ccccc3)C(C)(C)C)cc12. The van der Waals surface area contributed by atoms with Gasteiger partial charge in [0.1, 0.15) is 11.8 Å². The second-order valence-corrected chi connectivity index (χ2v) is 13.8. The first-order valence-electron chi connectivity index (χ1n) is 11.5. The Hall–Kier alpha value is -3.35. The number of fused-ring (bicyclic) bond motifs is 1. The lowest BCUT2D eigenvalue weighted by molar-refractivity contribution is -0.142. The van der Waals surface area contributed by atoms with Gasteiger partial charge >= 0.3 is 14.3 Å². The molecule has 1 heterocycles. The van der Waals surface area contributed by atoms with Gasteiger partial charge in [-0.15, -0.1) is 0 Å². The molecule has 6 heteroatoms.